The summed E-state index contributed by atoms with van der Waals surface area (Å²) < 4.78 is 11.2. The van der Waals surface area contributed by atoms with Crippen molar-refractivity contribution in [3.05, 3.63) is 52.3 Å². The van der Waals surface area contributed by atoms with E-state index in [1.807, 2.05) is 26.1 Å². The van der Waals surface area contributed by atoms with E-state index in [4.69, 9.17) is 9.72 Å². The first-order valence-electron chi connectivity index (χ1n) is 11.6. The molecule has 2 aliphatic rings. The van der Waals surface area contributed by atoms with E-state index in [2.05, 4.69) is 42.0 Å². The van der Waals surface area contributed by atoms with E-state index in [0.29, 0.717) is 41.5 Å². The van der Waals surface area contributed by atoms with Crippen molar-refractivity contribution in [1.82, 2.24) is 24.3 Å². The number of halogens is 1. The SMILES string of the molecule is Cc1cc2cc(n1)-c1cnn(C)c1OCC1CCC(C1)Cn1c(nc3ccc(Br)cc31)NC2=O. The standard InChI is InChI=1S/C25H25BrN6O2/c1-14-7-17-9-21(28-14)19-11-27-31(2)24(19)34-13-16-4-3-15(8-16)12-32-22-10-18(26)5-6-20(22)29-25(32)30-23(17)33/h5-7,9-11,15-16H,3-4,8,12-13H2,1-2H3,(H,29,30,33). The molecule has 8 nitrogen and oxygen atoms in total. The molecule has 1 fully saturated rings. The second-order valence-corrected chi connectivity index (χ2v) is 10.3. The number of carbonyl (C=O) groups excluding carboxylic acids is 1. The Kier molecular flexibility index (Phi) is 5.17. The zero-order valence-corrected chi connectivity index (χ0v) is 20.7. The quantitative estimate of drug-likeness (QED) is 0.354. The number of hydrogen-bond donors (Lipinski definition) is 1. The number of pyridine rings is 1. The molecule has 1 aromatic carbocycles. The number of fused-ring (bicyclic) bond motifs is 9. The highest BCUT2D eigenvalue weighted by atomic mass is 79.9. The topological polar surface area (TPSA) is 86.9 Å². The molecule has 34 heavy (non-hydrogen) atoms. The van der Waals surface area contributed by atoms with Gasteiger partial charge >= 0.3 is 0 Å². The molecular weight excluding hydrogens is 496 g/mol. The van der Waals surface area contributed by atoms with E-state index in [0.717, 1.165) is 52.6 Å². The molecule has 3 aromatic heterocycles. The third-order valence-corrected chi connectivity index (χ3v) is 7.35. The lowest BCUT2D eigenvalue weighted by Gasteiger charge is -2.16. The summed E-state index contributed by atoms with van der Waals surface area (Å²) in [4.78, 5) is 22.8. The van der Waals surface area contributed by atoms with Crippen LogP contribution < -0.4 is 10.1 Å². The number of anilines is 1. The zero-order chi connectivity index (χ0) is 23.4. The molecular formula is C25H25BrN6O2. The van der Waals surface area contributed by atoms with Gasteiger partial charge in [-0.1, -0.05) is 15.9 Å². The molecule has 1 amide bonds. The number of nitrogens with one attached hydrogen (secondary N) is 1. The highest BCUT2D eigenvalue weighted by molar-refractivity contribution is 9.10. The first-order valence-corrected chi connectivity index (χ1v) is 12.3. The van der Waals surface area contributed by atoms with Crippen LogP contribution in [0.3, 0.4) is 0 Å². The van der Waals surface area contributed by atoms with Crippen molar-refractivity contribution in [3.63, 3.8) is 0 Å². The summed E-state index contributed by atoms with van der Waals surface area (Å²) in [6.45, 7) is 3.33. The molecule has 4 heterocycles. The summed E-state index contributed by atoms with van der Waals surface area (Å²) in [5, 5.41) is 7.48. The maximum atomic E-state index is 13.4. The second kappa shape index (κ2) is 8.23. The number of imidazole rings is 1. The van der Waals surface area contributed by atoms with Gasteiger partial charge in [-0.2, -0.15) is 5.10 Å². The summed E-state index contributed by atoms with van der Waals surface area (Å²) in [6.07, 6.45) is 5.06. The minimum atomic E-state index is -0.215. The van der Waals surface area contributed by atoms with Gasteiger partial charge in [-0.25, -0.2) is 9.67 Å². The molecule has 1 aliphatic heterocycles. The minimum absolute atomic E-state index is 0.215. The summed E-state index contributed by atoms with van der Waals surface area (Å²) in [6, 6.07) is 9.61. The predicted molar refractivity (Wildman–Crippen MR) is 133 cm³/mol. The van der Waals surface area contributed by atoms with Gasteiger partial charge < -0.3 is 9.30 Å². The van der Waals surface area contributed by atoms with Crippen molar-refractivity contribution in [1.29, 1.82) is 0 Å². The molecule has 0 radical (unpaired) electrons. The molecule has 9 heteroatoms. The molecule has 1 N–H and O–H groups in total. The molecule has 1 aliphatic carbocycles. The molecule has 4 bridgehead atoms. The normalized spacial score (nSPS) is 20.1. The van der Waals surface area contributed by atoms with Gasteiger partial charge in [0.15, 0.2) is 0 Å². The first-order chi connectivity index (χ1) is 16.4. The van der Waals surface area contributed by atoms with E-state index in [-0.39, 0.29) is 5.91 Å². The molecule has 6 rings (SSSR count). The second-order valence-electron chi connectivity index (χ2n) is 9.36. The lowest BCUT2D eigenvalue weighted by atomic mass is 10.1. The van der Waals surface area contributed by atoms with E-state index in [1.165, 1.54) is 0 Å². The van der Waals surface area contributed by atoms with Crippen LogP contribution in [-0.4, -0.2) is 36.8 Å². The fourth-order valence-electron chi connectivity index (χ4n) is 5.21. The van der Waals surface area contributed by atoms with Gasteiger partial charge in [0.1, 0.15) is 0 Å². The predicted octanol–water partition coefficient (Wildman–Crippen LogP) is 4.96. The number of benzene rings is 1. The number of aryl methyl sites for hydroxylation is 2. The fraction of sp³-hybridized carbons (Fsp3) is 0.360. The van der Waals surface area contributed by atoms with Gasteiger partial charge in [0.05, 0.1) is 35.1 Å². The van der Waals surface area contributed by atoms with Crippen LogP contribution in [0.2, 0.25) is 0 Å². The summed E-state index contributed by atoms with van der Waals surface area (Å²) in [5.41, 5.74) is 4.61. The largest absolute Gasteiger partial charge is 0.477 e. The summed E-state index contributed by atoms with van der Waals surface area (Å²) in [5.74, 6) is 2.01. The molecule has 174 valence electrons. The molecule has 2 atom stereocenters. The Bertz CT molecular complexity index is 1420. The van der Waals surface area contributed by atoms with Crippen molar-refractivity contribution >= 4 is 38.8 Å². The molecule has 1 saturated carbocycles. The van der Waals surface area contributed by atoms with Crippen LogP contribution in [0.1, 0.15) is 35.3 Å². The fourth-order valence-corrected chi connectivity index (χ4v) is 5.56. The number of hydrogen-bond acceptors (Lipinski definition) is 5. The van der Waals surface area contributed by atoms with Gasteiger partial charge in [0.25, 0.3) is 5.91 Å². The van der Waals surface area contributed by atoms with Crippen LogP contribution in [0.4, 0.5) is 5.95 Å². The van der Waals surface area contributed by atoms with Crippen LogP contribution in [0.5, 0.6) is 5.88 Å². The Balaban J connectivity index is 1.49. The Morgan fingerprint density at radius 1 is 1.15 bits per heavy atom. The Hall–Kier alpha value is -3.20. The third kappa shape index (κ3) is 3.77. The highest BCUT2D eigenvalue weighted by Crippen LogP contribution is 2.36. The minimum Gasteiger partial charge on any atom is -0.477 e. The number of rotatable bonds is 0. The van der Waals surface area contributed by atoms with Gasteiger partial charge in [0.2, 0.25) is 11.8 Å². The number of aromatic nitrogens is 5. The molecule has 0 saturated heterocycles. The number of carbonyl (C=O) groups is 1. The van der Waals surface area contributed by atoms with Gasteiger partial charge in [0, 0.05) is 29.3 Å². The van der Waals surface area contributed by atoms with E-state index < -0.39 is 0 Å². The summed E-state index contributed by atoms with van der Waals surface area (Å²) >= 11 is 3.59. The third-order valence-electron chi connectivity index (χ3n) is 6.86. The van der Waals surface area contributed by atoms with Crippen molar-refractivity contribution in [3.8, 4) is 17.1 Å². The van der Waals surface area contributed by atoms with Crippen molar-refractivity contribution < 1.29 is 9.53 Å². The molecule has 2 unspecified atom stereocenters. The van der Waals surface area contributed by atoms with Gasteiger partial charge in [-0.3, -0.25) is 15.1 Å². The van der Waals surface area contributed by atoms with E-state index in [1.54, 1.807) is 23.0 Å². The lowest BCUT2D eigenvalue weighted by molar-refractivity contribution is 0.102. The van der Waals surface area contributed by atoms with Crippen LogP contribution in [-0.2, 0) is 13.6 Å². The average molecular weight is 521 g/mol. The average Bonchev–Trinajstić information content (AvgIpc) is 3.50. The maximum absolute atomic E-state index is 13.4. The van der Waals surface area contributed by atoms with Gasteiger partial charge in [-0.15, -0.1) is 0 Å². The van der Waals surface area contributed by atoms with Crippen LogP contribution in [0.25, 0.3) is 22.3 Å². The number of nitrogens with zero attached hydrogens (tertiary/aromatic N) is 5. The lowest BCUT2D eigenvalue weighted by Crippen LogP contribution is -2.18. The van der Waals surface area contributed by atoms with Crippen LogP contribution in [0, 0.1) is 18.8 Å². The zero-order valence-electron chi connectivity index (χ0n) is 19.1. The first kappa shape index (κ1) is 21.3. The van der Waals surface area contributed by atoms with E-state index >= 15 is 0 Å². The Labute approximate surface area is 205 Å². The van der Waals surface area contributed by atoms with Crippen molar-refractivity contribution in [2.24, 2.45) is 18.9 Å². The molecule has 0 spiro atoms. The van der Waals surface area contributed by atoms with E-state index in [9.17, 15) is 4.79 Å². The highest BCUT2D eigenvalue weighted by Gasteiger charge is 2.28. The monoisotopic (exact) mass is 520 g/mol. The maximum Gasteiger partial charge on any atom is 0.258 e. The van der Waals surface area contributed by atoms with Crippen LogP contribution in [0.15, 0.2) is 41.0 Å². The Morgan fingerprint density at radius 2 is 2.00 bits per heavy atom. The number of amides is 1. The molecule has 4 aromatic rings. The Morgan fingerprint density at radius 3 is 2.88 bits per heavy atom. The van der Waals surface area contributed by atoms with Crippen molar-refractivity contribution in [2.75, 3.05) is 11.9 Å². The number of ether oxygens (including phenoxy) is 1. The summed E-state index contributed by atoms with van der Waals surface area (Å²) in [7, 11) is 1.87. The smallest absolute Gasteiger partial charge is 0.258 e. The van der Waals surface area contributed by atoms with Crippen molar-refractivity contribution in [2.45, 2.75) is 32.7 Å². The van der Waals surface area contributed by atoms with Gasteiger partial charge in [-0.05, 0) is 68.4 Å². The van der Waals surface area contributed by atoms with Crippen LogP contribution >= 0.6 is 15.9 Å².